The number of aliphatic hydroxyl groups is 1. The van der Waals surface area contributed by atoms with Gasteiger partial charge in [-0.3, -0.25) is 0 Å². The highest BCUT2D eigenvalue weighted by Gasteiger charge is 2.37. The third-order valence-electron chi connectivity index (χ3n) is 2.64. The van der Waals surface area contributed by atoms with Crippen molar-refractivity contribution in [1.29, 1.82) is 0 Å². The molecule has 0 saturated heterocycles. The summed E-state index contributed by atoms with van der Waals surface area (Å²) in [6.45, 7) is 14.9. The summed E-state index contributed by atoms with van der Waals surface area (Å²) in [5, 5.41) is 9.82. The standard InChI is InChI=1S/C10H21BO2/c1-8(2)11(7)13-10(5,6)9(3,4)12/h12H,1H2,2-7H3. The summed E-state index contributed by atoms with van der Waals surface area (Å²) in [4.78, 5) is 0. The third-order valence-corrected chi connectivity index (χ3v) is 2.64. The van der Waals surface area contributed by atoms with Crippen LogP contribution >= 0.6 is 0 Å². The zero-order valence-electron chi connectivity index (χ0n) is 9.64. The molecule has 0 bridgehead atoms. The van der Waals surface area contributed by atoms with Crippen LogP contribution in [-0.4, -0.2) is 23.2 Å². The molecule has 0 aromatic carbocycles. The predicted octanol–water partition coefficient (Wildman–Crippen LogP) is 2.29. The fourth-order valence-electron chi connectivity index (χ4n) is 0.687. The normalized spacial score (nSPS) is 12.8. The van der Waals surface area contributed by atoms with Crippen molar-refractivity contribution in [1.82, 2.24) is 0 Å². The molecule has 0 rings (SSSR count). The SMILES string of the molecule is C=C(C)B(C)OC(C)(C)C(C)(C)O. The Hall–Kier alpha value is -0.275. The topological polar surface area (TPSA) is 29.5 Å². The molecular weight excluding hydrogens is 163 g/mol. The average Bonchev–Trinajstić information content (AvgIpc) is 1.83. The summed E-state index contributed by atoms with van der Waals surface area (Å²) in [5.41, 5.74) is -0.445. The molecule has 13 heavy (non-hydrogen) atoms. The van der Waals surface area contributed by atoms with Gasteiger partial charge < -0.3 is 9.76 Å². The van der Waals surface area contributed by atoms with Crippen molar-refractivity contribution >= 4 is 6.92 Å². The lowest BCUT2D eigenvalue weighted by Crippen LogP contribution is -2.50. The average molecular weight is 184 g/mol. The molecule has 0 aliphatic carbocycles. The summed E-state index contributed by atoms with van der Waals surface area (Å²) >= 11 is 0. The van der Waals surface area contributed by atoms with Gasteiger partial charge in [-0.15, -0.1) is 6.58 Å². The van der Waals surface area contributed by atoms with Crippen LogP contribution in [0.4, 0.5) is 0 Å². The largest absolute Gasteiger partial charge is 0.424 e. The number of hydrogen-bond donors (Lipinski definition) is 1. The highest BCUT2D eigenvalue weighted by molar-refractivity contribution is 6.58. The minimum absolute atomic E-state index is 0.0265. The maximum atomic E-state index is 9.82. The van der Waals surface area contributed by atoms with E-state index in [0.29, 0.717) is 0 Å². The van der Waals surface area contributed by atoms with Gasteiger partial charge in [-0.25, -0.2) is 0 Å². The van der Waals surface area contributed by atoms with E-state index in [1.807, 2.05) is 27.6 Å². The number of rotatable bonds is 4. The van der Waals surface area contributed by atoms with Gasteiger partial charge in [0.15, 0.2) is 0 Å². The van der Waals surface area contributed by atoms with Gasteiger partial charge in [-0.05, 0) is 34.6 Å². The zero-order valence-corrected chi connectivity index (χ0v) is 9.64. The van der Waals surface area contributed by atoms with Gasteiger partial charge in [0.1, 0.15) is 0 Å². The molecule has 2 nitrogen and oxygen atoms in total. The lowest BCUT2D eigenvalue weighted by Gasteiger charge is -2.39. The van der Waals surface area contributed by atoms with Gasteiger partial charge in [-0.2, -0.15) is 0 Å². The lowest BCUT2D eigenvalue weighted by atomic mass is 9.63. The van der Waals surface area contributed by atoms with Crippen molar-refractivity contribution in [2.24, 2.45) is 0 Å². The molecule has 0 aliphatic rings. The fraction of sp³-hybridized carbons (Fsp3) is 0.800. The van der Waals surface area contributed by atoms with Crippen LogP contribution in [0.2, 0.25) is 6.82 Å². The minimum atomic E-state index is -0.850. The fourth-order valence-corrected chi connectivity index (χ4v) is 0.687. The summed E-state index contributed by atoms with van der Waals surface area (Å²) < 4.78 is 5.71. The van der Waals surface area contributed by atoms with E-state index < -0.39 is 11.2 Å². The predicted molar refractivity (Wildman–Crippen MR) is 57.9 cm³/mol. The van der Waals surface area contributed by atoms with Crippen LogP contribution in [0.25, 0.3) is 0 Å². The molecule has 0 atom stereocenters. The molecule has 1 N–H and O–H groups in total. The molecule has 3 heteroatoms. The van der Waals surface area contributed by atoms with Crippen molar-refractivity contribution in [2.75, 3.05) is 0 Å². The molecule has 76 valence electrons. The van der Waals surface area contributed by atoms with Gasteiger partial charge in [-0.1, -0.05) is 12.3 Å². The van der Waals surface area contributed by atoms with E-state index in [4.69, 9.17) is 4.65 Å². The Bertz CT molecular complexity index is 192. The molecular formula is C10H21BO2. The summed E-state index contributed by atoms with van der Waals surface area (Å²) in [7, 11) is 0. The Morgan fingerprint density at radius 2 is 1.69 bits per heavy atom. The molecule has 0 aromatic heterocycles. The first kappa shape index (κ1) is 12.7. The molecule has 0 aliphatic heterocycles. The molecule has 0 heterocycles. The monoisotopic (exact) mass is 184 g/mol. The van der Waals surface area contributed by atoms with Crippen LogP contribution in [0.5, 0.6) is 0 Å². The number of allylic oxidation sites excluding steroid dienone is 1. The smallest absolute Gasteiger partial charge is 0.319 e. The summed E-state index contributed by atoms with van der Waals surface area (Å²) in [6, 6.07) is 0. The minimum Gasteiger partial charge on any atom is -0.424 e. The van der Waals surface area contributed by atoms with Crippen LogP contribution in [-0.2, 0) is 4.65 Å². The van der Waals surface area contributed by atoms with E-state index in [-0.39, 0.29) is 6.92 Å². The molecule has 0 saturated carbocycles. The van der Waals surface area contributed by atoms with Crippen LogP contribution in [0.3, 0.4) is 0 Å². The van der Waals surface area contributed by atoms with E-state index in [1.165, 1.54) is 0 Å². The maximum Gasteiger partial charge on any atom is 0.319 e. The van der Waals surface area contributed by atoms with E-state index in [9.17, 15) is 5.11 Å². The lowest BCUT2D eigenvalue weighted by molar-refractivity contribution is -0.0922. The van der Waals surface area contributed by atoms with Gasteiger partial charge in [0.2, 0.25) is 0 Å². The second-order valence-corrected chi connectivity index (χ2v) is 4.68. The quantitative estimate of drug-likeness (QED) is 0.679. The van der Waals surface area contributed by atoms with Gasteiger partial charge in [0, 0.05) is 0 Å². The van der Waals surface area contributed by atoms with Crippen LogP contribution < -0.4 is 0 Å². The third kappa shape index (κ3) is 3.53. The molecule has 0 fully saturated rings. The van der Waals surface area contributed by atoms with Crippen molar-refractivity contribution in [3.05, 3.63) is 12.1 Å². The van der Waals surface area contributed by atoms with Crippen molar-refractivity contribution in [2.45, 2.75) is 52.6 Å². The second-order valence-electron chi connectivity index (χ2n) is 4.68. The molecule has 0 unspecified atom stereocenters. The van der Waals surface area contributed by atoms with Crippen molar-refractivity contribution in [3.63, 3.8) is 0 Å². The first-order valence-electron chi connectivity index (χ1n) is 4.63. The molecule has 0 amide bonds. The van der Waals surface area contributed by atoms with Gasteiger partial charge >= 0.3 is 6.92 Å². The Morgan fingerprint density at radius 3 is 1.92 bits per heavy atom. The van der Waals surface area contributed by atoms with E-state index in [2.05, 4.69) is 6.58 Å². The van der Waals surface area contributed by atoms with Crippen molar-refractivity contribution < 1.29 is 9.76 Å². The van der Waals surface area contributed by atoms with E-state index in [1.54, 1.807) is 13.8 Å². The Morgan fingerprint density at radius 1 is 1.31 bits per heavy atom. The molecule has 0 aromatic rings. The number of hydrogen-bond acceptors (Lipinski definition) is 2. The highest BCUT2D eigenvalue weighted by Crippen LogP contribution is 2.26. The molecule has 0 spiro atoms. The van der Waals surface area contributed by atoms with Gasteiger partial charge in [0.05, 0.1) is 11.2 Å². The van der Waals surface area contributed by atoms with Crippen LogP contribution in [0.15, 0.2) is 12.1 Å². The van der Waals surface area contributed by atoms with E-state index >= 15 is 0 Å². The Kier molecular flexibility index (Phi) is 3.77. The highest BCUT2D eigenvalue weighted by atomic mass is 16.5. The van der Waals surface area contributed by atoms with Crippen LogP contribution in [0.1, 0.15) is 34.6 Å². The first-order chi connectivity index (χ1) is 5.58. The van der Waals surface area contributed by atoms with Crippen LogP contribution in [0, 0.1) is 0 Å². The zero-order chi connectivity index (χ0) is 10.9. The van der Waals surface area contributed by atoms with Crippen molar-refractivity contribution in [3.8, 4) is 0 Å². The maximum absolute atomic E-state index is 9.82. The summed E-state index contributed by atoms with van der Waals surface area (Å²) in [6.07, 6.45) is 0. The molecule has 0 radical (unpaired) electrons. The first-order valence-corrected chi connectivity index (χ1v) is 4.63. The Balaban J connectivity index is 4.43. The van der Waals surface area contributed by atoms with Gasteiger partial charge in [0.25, 0.3) is 0 Å². The second kappa shape index (κ2) is 3.85. The van der Waals surface area contributed by atoms with E-state index in [0.717, 1.165) is 5.47 Å². The Labute approximate surface area is 82.1 Å². The summed E-state index contributed by atoms with van der Waals surface area (Å²) in [5.74, 6) is 0.